The van der Waals surface area contributed by atoms with Gasteiger partial charge >= 0.3 is 6.03 Å². The summed E-state index contributed by atoms with van der Waals surface area (Å²) in [5.41, 5.74) is 5.64. The molecule has 5 nitrogen and oxygen atoms in total. The molecule has 17 heavy (non-hydrogen) atoms. The Morgan fingerprint density at radius 3 is 2.82 bits per heavy atom. The van der Waals surface area contributed by atoms with E-state index in [1.54, 1.807) is 13.2 Å². The van der Waals surface area contributed by atoms with Gasteiger partial charge in [0.25, 0.3) is 0 Å². The van der Waals surface area contributed by atoms with Crippen molar-refractivity contribution in [2.75, 3.05) is 25.6 Å². The van der Waals surface area contributed by atoms with Crippen molar-refractivity contribution in [2.45, 2.75) is 6.61 Å². The van der Waals surface area contributed by atoms with Crippen LogP contribution in [-0.2, 0) is 16.1 Å². The standard InChI is InChI=1S/C11H15FN2O3/c1-16-4-5-17-7-8-2-3-9(6-10(8)12)14-11(13)15/h2-3,6H,4-5,7H2,1H3,(H3,13,14,15). The van der Waals surface area contributed by atoms with Crippen LogP contribution in [0, 0.1) is 5.82 Å². The minimum absolute atomic E-state index is 0.159. The summed E-state index contributed by atoms with van der Waals surface area (Å²) in [6.07, 6.45) is 0. The van der Waals surface area contributed by atoms with Gasteiger partial charge in [-0.2, -0.15) is 0 Å². The van der Waals surface area contributed by atoms with Crippen molar-refractivity contribution in [3.05, 3.63) is 29.6 Å². The van der Waals surface area contributed by atoms with Gasteiger partial charge in [0.15, 0.2) is 0 Å². The van der Waals surface area contributed by atoms with Crippen LogP contribution in [0.2, 0.25) is 0 Å². The van der Waals surface area contributed by atoms with Gasteiger partial charge < -0.3 is 20.5 Å². The van der Waals surface area contributed by atoms with E-state index in [-0.39, 0.29) is 6.61 Å². The van der Waals surface area contributed by atoms with Crippen LogP contribution < -0.4 is 11.1 Å². The molecule has 0 saturated heterocycles. The zero-order valence-corrected chi connectivity index (χ0v) is 9.53. The zero-order chi connectivity index (χ0) is 12.7. The van der Waals surface area contributed by atoms with Gasteiger partial charge in [-0.1, -0.05) is 6.07 Å². The van der Waals surface area contributed by atoms with Gasteiger partial charge in [0, 0.05) is 18.4 Å². The van der Waals surface area contributed by atoms with Crippen molar-refractivity contribution in [2.24, 2.45) is 5.73 Å². The molecule has 6 heteroatoms. The molecule has 0 spiro atoms. The summed E-state index contributed by atoms with van der Waals surface area (Å²) in [6.45, 7) is 1.02. The number of halogens is 1. The molecule has 0 aliphatic rings. The topological polar surface area (TPSA) is 73.6 Å². The van der Waals surface area contributed by atoms with Crippen LogP contribution in [0.15, 0.2) is 18.2 Å². The zero-order valence-electron chi connectivity index (χ0n) is 9.53. The van der Waals surface area contributed by atoms with E-state index in [0.717, 1.165) is 0 Å². The largest absolute Gasteiger partial charge is 0.382 e. The number of nitrogens with one attached hydrogen (secondary N) is 1. The summed E-state index contributed by atoms with van der Waals surface area (Å²) in [7, 11) is 1.56. The van der Waals surface area contributed by atoms with Crippen LogP contribution in [0.4, 0.5) is 14.9 Å². The lowest BCUT2D eigenvalue weighted by Crippen LogP contribution is -2.19. The Hall–Kier alpha value is -1.66. The smallest absolute Gasteiger partial charge is 0.316 e. The van der Waals surface area contributed by atoms with Crippen LogP contribution in [-0.4, -0.2) is 26.4 Å². The molecular formula is C11H15FN2O3. The van der Waals surface area contributed by atoms with Crippen LogP contribution in [0.3, 0.4) is 0 Å². The highest BCUT2D eigenvalue weighted by atomic mass is 19.1. The molecule has 0 heterocycles. The monoisotopic (exact) mass is 242 g/mol. The minimum atomic E-state index is -0.728. The lowest BCUT2D eigenvalue weighted by atomic mass is 10.2. The van der Waals surface area contributed by atoms with Crippen LogP contribution in [0.25, 0.3) is 0 Å². The van der Waals surface area contributed by atoms with E-state index in [4.69, 9.17) is 15.2 Å². The van der Waals surface area contributed by atoms with E-state index in [2.05, 4.69) is 5.32 Å². The first-order valence-electron chi connectivity index (χ1n) is 5.05. The molecule has 2 amide bonds. The quantitative estimate of drug-likeness (QED) is 0.742. The second-order valence-corrected chi connectivity index (χ2v) is 3.34. The number of primary amides is 1. The number of carbonyl (C=O) groups is 1. The molecule has 0 bridgehead atoms. The Kier molecular flexibility index (Phi) is 5.38. The molecule has 1 rings (SSSR count). The first kappa shape index (κ1) is 13.4. The van der Waals surface area contributed by atoms with Crippen molar-refractivity contribution < 1.29 is 18.7 Å². The summed E-state index contributed by atoms with van der Waals surface area (Å²) in [5, 5.41) is 2.29. The van der Waals surface area contributed by atoms with E-state index in [9.17, 15) is 9.18 Å². The van der Waals surface area contributed by atoms with Crippen LogP contribution in [0.1, 0.15) is 5.56 Å². The highest BCUT2D eigenvalue weighted by Gasteiger charge is 2.04. The second kappa shape index (κ2) is 6.82. The van der Waals surface area contributed by atoms with Gasteiger partial charge in [0.05, 0.1) is 19.8 Å². The molecule has 0 aliphatic heterocycles. The fraction of sp³-hybridized carbons (Fsp3) is 0.364. The Balaban J connectivity index is 2.54. The van der Waals surface area contributed by atoms with E-state index < -0.39 is 11.8 Å². The fourth-order valence-corrected chi connectivity index (χ4v) is 1.21. The number of methoxy groups -OCH3 is 1. The van der Waals surface area contributed by atoms with E-state index in [1.165, 1.54) is 12.1 Å². The first-order chi connectivity index (χ1) is 8.13. The molecular weight excluding hydrogens is 227 g/mol. The lowest BCUT2D eigenvalue weighted by Gasteiger charge is -2.07. The minimum Gasteiger partial charge on any atom is -0.382 e. The molecule has 0 atom stereocenters. The molecule has 3 N–H and O–H groups in total. The molecule has 1 aromatic carbocycles. The lowest BCUT2D eigenvalue weighted by molar-refractivity contribution is 0.0604. The number of anilines is 1. The summed E-state index contributed by atoms with van der Waals surface area (Å²) >= 11 is 0. The number of urea groups is 1. The Morgan fingerprint density at radius 1 is 1.47 bits per heavy atom. The summed E-state index contributed by atoms with van der Waals surface area (Å²) < 4.78 is 23.5. The number of nitrogens with two attached hydrogens (primary N) is 1. The number of carbonyl (C=O) groups excluding carboxylic acids is 1. The number of benzene rings is 1. The number of rotatable bonds is 6. The number of ether oxygens (including phenoxy) is 2. The summed E-state index contributed by atoms with van der Waals surface area (Å²) in [6, 6.07) is 3.56. The maximum Gasteiger partial charge on any atom is 0.316 e. The van der Waals surface area contributed by atoms with E-state index >= 15 is 0 Å². The van der Waals surface area contributed by atoms with Crippen molar-refractivity contribution in [1.29, 1.82) is 0 Å². The second-order valence-electron chi connectivity index (χ2n) is 3.34. The third kappa shape index (κ3) is 4.80. The maximum absolute atomic E-state index is 13.5. The highest BCUT2D eigenvalue weighted by molar-refractivity contribution is 5.87. The van der Waals surface area contributed by atoms with Crippen LogP contribution in [0.5, 0.6) is 0 Å². The van der Waals surface area contributed by atoms with Gasteiger partial charge in [-0.25, -0.2) is 9.18 Å². The van der Waals surface area contributed by atoms with Gasteiger partial charge in [-0.3, -0.25) is 0 Å². The molecule has 0 aromatic heterocycles. The van der Waals surface area contributed by atoms with E-state index in [0.29, 0.717) is 24.5 Å². The van der Waals surface area contributed by atoms with Crippen LogP contribution >= 0.6 is 0 Å². The fourth-order valence-electron chi connectivity index (χ4n) is 1.21. The van der Waals surface area contributed by atoms with Crippen molar-refractivity contribution in [1.82, 2.24) is 0 Å². The van der Waals surface area contributed by atoms with Gasteiger partial charge in [-0.15, -0.1) is 0 Å². The molecule has 0 radical (unpaired) electrons. The average Bonchev–Trinajstić information content (AvgIpc) is 2.26. The Bertz CT molecular complexity index is 385. The first-order valence-corrected chi connectivity index (χ1v) is 5.05. The van der Waals surface area contributed by atoms with Crippen molar-refractivity contribution in [3.8, 4) is 0 Å². The normalized spacial score (nSPS) is 10.2. The third-order valence-corrected chi connectivity index (χ3v) is 2.01. The molecule has 0 aliphatic carbocycles. The van der Waals surface area contributed by atoms with Crippen molar-refractivity contribution >= 4 is 11.7 Å². The predicted octanol–water partition coefficient (Wildman–Crippen LogP) is 1.48. The van der Waals surface area contributed by atoms with Gasteiger partial charge in [-0.05, 0) is 12.1 Å². The molecule has 0 saturated carbocycles. The van der Waals surface area contributed by atoms with Gasteiger partial charge in [0.2, 0.25) is 0 Å². The summed E-state index contributed by atoms with van der Waals surface area (Å²) in [5.74, 6) is -0.450. The summed E-state index contributed by atoms with van der Waals surface area (Å²) in [4.78, 5) is 10.6. The third-order valence-electron chi connectivity index (χ3n) is 2.01. The average molecular weight is 242 g/mol. The molecule has 0 unspecified atom stereocenters. The van der Waals surface area contributed by atoms with Gasteiger partial charge in [0.1, 0.15) is 5.82 Å². The Morgan fingerprint density at radius 2 is 2.24 bits per heavy atom. The highest BCUT2D eigenvalue weighted by Crippen LogP contribution is 2.15. The van der Waals surface area contributed by atoms with Crippen molar-refractivity contribution in [3.63, 3.8) is 0 Å². The predicted molar refractivity (Wildman–Crippen MR) is 61.1 cm³/mol. The SMILES string of the molecule is COCCOCc1ccc(NC(N)=O)cc1F. The number of amides is 2. The number of hydrogen-bond acceptors (Lipinski definition) is 3. The van der Waals surface area contributed by atoms with E-state index in [1.807, 2.05) is 0 Å². The molecule has 94 valence electrons. The Labute approximate surface area is 98.7 Å². The molecule has 0 fully saturated rings. The molecule has 1 aromatic rings. The maximum atomic E-state index is 13.5. The number of hydrogen-bond donors (Lipinski definition) is 2.